The number of carbonyl (C=O) groups is 2. The first kappa shape index (κ1) is 19.5. The fraction of sp³-hybridized carbons (Fsp3) is 0.722. The average Bonchev–Trinajstić information content (AvgIpc) is 3.57. The van der Waals surface area contributed by atoms with Gasteiger partial charge >= 0.3 is 0 Å². The van der Waals surface area contributed by atoms with Crippen LogP contribution in [-0.2, 0) is 9.59 Å². The van der Waals surface area contributed by atoms with Crippen molar-refractivity contribution < 1.29 is 14.8 Å². The van der Waals surface area contributed by atoms with Gasteiger partial charge in [0.2, 0.25) is 18.3 Å². The lowest BCUT2D eigenvalue weighted by atomic mass is 10.0. The number of anilines is 1. The standard InChI is InChI=1S/C18H28N6O3/c1-2-3-4-5-14(10-24(27)11-25)17(26)22-23-18-20-15(12-6-7-12)19-16(21-18)13-8-9-13/h11-14,27H,2-10H2,1H3,(H,22,26)(H,19,20,21,23)/t14-/m0/s1. The lowest BCUT2D eigenvalue weighted by Crippen LogP contribution is -2.40. The van der Waals surface area contributed by atoms with Crippen LogP contribution in [-0.4, -0.2) is 44.1 Å². The highest BCUT2D eigenvalue weighted by Crippen LogP contribution is 2.41. The van der Waals surface area contributed by atoms with E-state index in [2.05, 4.69) is 32.7 Å². The largest absolute Gasteiger partial charge is 0.286 e. The molecule has 1 atom stereocenters. The fourth-order valence-corrected chi connectivity index (χ4v) is 2.95. The van der Waals surface area contributed by atoms with Crippen LogP contribution in [0.4, 0.5) is 5.95 Å². The molecule has 2 aliphatic rings. The molecule has 2 saturated carbocycles. The van der Waals surface area contributed by atoms with Crippen LogP contribution in [0.15, 0.2) is 0 Å². The van der Waals surface area contributed by atoms with Gasteiger partial charge in [-0.05, 0) is 32.1 Å². The molecule has 1 aromatic rings. The minimum Gasteiger partial charge on any atom is -0.286 e. The van der Waals surface area contributed by atoms with Gasteiger partial charge in [0.1, 0.15) is 11.6 Å². The first-order valence-electron chi connectivity index (χ1n) is 9.83. The van der Waals surface area contributed by atoms with Crippen LogP contribution < -0.4 is 10.9 Å². The smallest absolute Gasteiger partial charge is 0.245 e. The van der Waals surface area contributed by atoms with Crippen molar-refractivity contribution in [3.8, 4) is 0 Å². The predicted octanol–water partition coefficient (Wildman–Crippen LogP) is 2.11. The maximum absolute atomic E-state index is 12.5. The first-order chi connectivity index (χ1) is 13.1. The highest BCUT2D eigenvalue weighted by Gasteiger charge is 2.32. The van der Waals surface area contributed by atoms with Gasteiger partial charge in [-0.2, -0.15) is 9.97 Å². The van der Waals surface area contributed by atoms with E-state index in [9.17, 15) is 14.8 Å². The Bertz CT molecular complexity index is 632. The maximum Gasteiger partial charge on any atom is 0.245 e. The SMILES string of the molecule is CCCCC[C@@H](CN(O)C=O)C(=O)NNc1nc(C2CC2)nc(C2CC2)n1. The van der Waals surface area contributed by atoms with Crippen molar-refractivity contribution in [2.45, 2.75) is 70.1 Å². The van der Waals surface area contributed by atoms with Gasteiger partial charge in [0, 0.05) is 11.8 Å². The van der Waals surface area contributed by atoms with E-state index in [1.807, 2.05) is 0 Å². The molecule has 3 rings (SSSR count). The van der Waals surface area contributed by atoms with E-state index >= 15 is 0 Å². The van der Waals surface area contributed by atoms with Gasteiger partial charge in [-0.3, -0.25) is 25.6 Å². The fourth-order valence-electron chi connectivity index (χ4n) is 2.95. The van der Waals surface area contributed by atoms with E-state index in [1.54, 1.807) is 0 Å². The van der Waals surface area contributed by atoms with Crippen molar-refractivity contribution in [2.24, 2.45) is 5.92 Å². The van der Waals surface area contributed by atoms with Crippen LogP contribution >= 0.6 is 0 Å². The Morgan fingerprint density at radius 3 is 2.33 bits per heavy atom. The number of hydrazine groups is 1. The molecule has 3 N–H and O–H groups in total. The van der Waals surface area contributed by atoms with Crippen LogP contribution in [0.3, 0.4) is 0 Å². The van der Waals surface area contributed by atoms with Gasteiger partial charge < -0.3 is 0 Å². The number of nitrogens with zero attached hydrogens (tertiary/aromatic N) is 4. The highest BCUT2D eigenvalue weighted by atomic mass is 16.5. The molecule has 0 unspecified atom stereocenters. The Labute approximate surface area is 158 Å². The predicted molar refractivity (Wildman–Crippen MR) is 97.7 cm³/mol. The molecule has 2 fully saturated rings. The second kappa shape index (κ2) is 9.07. The van der Waals surface area contributed by atoms with Crippen molar-refractivity contribution in [1.29, 1.82) is 0 Å². The van der Waals surface area contributed by atoms with Crippen LogP contribution in [0, 0.1) is 5.92 Å². The number of amides is 2. The van der Waals surface area contributed by atoms with E-state index < -0.39 is 5.92 Å². The Hall–Kier alpha value is -2.29. The molecule has 0 saturated heterocycles. The second-order valence-electron chi connectivity index (χ2n) is 7.46. The zero-order valence-corrected chi connectivity index (χ0v) is 15.7. The quantitative estimate of drug-likeness (QED) is 0.221. The Morgan fingerprint density at radius 2 is 1.81 bits per heavy atom. The number of hydroxylamine groups is 2. The molecule has 1 heterocycles. The van der Waals surface area contributed by atoms with Crippen LogP contribution in [0.5, 0.6) is 0 Å². The molecule has 0 aromatic carbocycles. The Kier molecular flexibility index (Phi) is 6.54. The van der Waals surface area contributed by atoms with Gasteiger partial charge in [-0.25, -0.2) is 10.0 Å². The molecule has 148 valence electrons. The topological polar surface area (TPSA) is 120 Å². The summed E-state index contributed by atoms with van der Waals surface area (Å²) in [5.41, 5.74) is 5.44. The van der Waals surface area contributed by atoms with E-state index in [1.165, 1.54) is 0 Å². The molecule has 0 spiro atoms. The molecular weight excluding hydrogens is 348 g/mol. The third-order valence-electron chi connectivity index (χ3n) is 4.91. The van der Waals surface area contributed by atoms with Crippen LogP contribution in [0.1, 0.15) is 81.8 Å². The van der Waals surface area contributed by atoms with Crippen molar-refractivity contribution in [3.63, 3.8) is 0 Å². The number of nitrogens with one attached hydrogen (secondary N) is 2. The van der Waals surface area contributed by atoms with Gasteiger partial charge in [0.25, 0.3) is 0 Å². The third kappa shape index (κ3) is 5.85. The van der Waals surface area contributed by atoms with E-state index in [0.29, 0.717) is 35.7 Å². The van der Waals surface area contributed by atoms with Gasteiger partial charge in [0.15, 0.2) is 0 Å². The minimum atomic E-state index is -0.508. The summed E-state index contributed by atoms with van der Waals surface area (Å²) in [5, 5.41) is 9.97. The number of aromatic nitrogens is 3. The molecule has 9 heteroatoms. The zero-order chi connectivity index (χ0) is 19.2. The Morgan fingerprint density at radius 1 is 1.19 bits per heavy atom. The molecular formula is C18H28N6O3. The van der Waals surface area contributed by atoms with E-state index in [4.69, 9.17) is 0 Å². The summed E-state index contributed by atoms with van der Waals surface area (Å²) in [6.07, 6.45) is 8.15. The summed E-state index contributed by atoms with van der Waals surface area (Å²) in [4.78, 5) is 36.6. The molecule has 0 radical (unpaired) electrons. The zero-order valence-electron chi connectivity index (χ0n) is 15.7. The van der Waals surface area contributed by atoms with E-state index in [-0.39, 0.29) is 12.5 Å². The van der Waals surface area contributed by atoms with E-state index in [0.717, 1.165) is 56.6 Å². The monoisotopic (exact) mass is 376 g/mol. The molecule has 1 aromatic heterocycles. The number of unbranched alkanes of at least 4 members (excludes halogenated alkanes) is 2. The van der Waals surface area contributed by atoms with Crippen molar-refractivity contribution in [2.75, 3.05) is 12.0 Å². The van der Waals surface area contributed by atoms with Gasteiger partial charge in [-0.1, -0.05) is 26.2 Å². The van der Waals surface area contributed by atoms with Crippen molar-refractivity contribution in [3.05, 3.63) is 11.6 Å². The molecule has 27 heavy (non-hydrogen) atoms. The van der Waals surface area contributed by atoms with Crippen LogP contribution in [0.2, 0.25) is 0 Å². The average molecular weight is 376 g/mol. The number of carbonyl (C=O) groups excluding carboxylic acids is 2. The number of hydrogen-bond acceptors (Lipinski definition) is 7. The third-order valence-corrected chi connectivity index (χ3v) is 4.91. The molecule has 9 nitrogen and oxygen atoms in total. The number of hydrogen-bond donors (Lipinski definition) is 3. The summed E-state index contributed by atoms with van der Waals surface area (Å²) in [7, 11) is 0. The maximum atomic E-state index is 12.5. The summed E-state index contributed by atoms with van der Waals surface area (Å²) >= 11 is 0. The first-order valence-corrected chi connectivity index (χ1v) is 9.83. The molecule has 2 amide bonds. The van der Waals surface area contributed by atoms with Crippen molar-refractivity contribution in [1.82, 2.24) is 25.4 Å². The minimum absolute atomic E-state index is 0.0431. The summed E-state index contributed by atoms with van der Waals surface area (Å²) in [6, 6.07) is 0. The normalized spacial score (nSPS) is 17.3. The van der Waals surface area contributed by atoms with Crippen LogP contribution in [0.25, 0.3) is 0 Å². The summed E-state index contributed by atoms with van der Waals surface area (Å²) in [5.74, 6) is 1.94. The van der Waals surface area contributed by atoms with Gasteiger partial charge in [-0.15, -0.1) is 0 Å². The summed E-state index contributed by atoms with van der Waals surface area (Å²) in [6.45, 7) is 2.04. The molecule has 0 bridgehead atoms. The molecule has 2 aliphatic carbocycles. The highest BCUT2D eigenvalue weighted by molar-refractivity contribution is 5.80. The van der Waals surface area contributed by atoms with Crippen molar-refractivity contribution >= 4 is 18.3 Å². The Balaban J connectivity index is 1.60. The summed E-state index contributed by atoms with van der Waals surface area (Å²) < 4.78 is 0. The lowest BCUT2D eigenvalue weighted by Gasteiger charge is -2.19. The lowest BCUT2D eigenvalue weighted by molar-refractivity contribution is -0.154. The molecule has 0 aliphatic heterocycles. The second-order valence-corrected chi connectivity index (χ2v) is 7.46. The number of rotatable bonds is 12. The van der Waals surface area contributed by atoms with Gasteiger partial charge in [0.05, 0.1) is 12.5 Å².